The maximum absolute atomic E-state index is 13.1. The maximum Gasteiger partial charge on any atom is 0.290 e. The second-order valence-electron chi connectivity index (χ2n) is 7.52. The fourth-order valence-electron chi connectivity index (χ4n) is 3.98. The van der Waals surface area contributed by atoms with Gasteiger partial charge in [-0.1, -0.05) is 6.92 Å². The van der Waals surface area contributed by atoms with Crippen LogP contribution in [0.2, 0.25) is 0 Å². The summed E-state index contributed by atoms with van der Waals surface area (Å²) in [5, 5.41) is 0. The molecule has 0 aromatic carbocycles. The number of hydrogen-bond acceptors (Lipinski definition) is 5. The number of nitrogens with one attached hydrogen (secondary N) is 1. The molecule has 1 atom stereocenters. The molecule has 0 saturated carbocycles. The molecule has 1 aromatic heterocycles. The molecule has 3 rings (SSSR count). The van der Waals surface area contributed by atoms with E-state index in [4.69, 9.17) is 4.42 Å². The first-order chi connectivity index (χ1) is 13.4. The summed E-state index contributed by atoms with van der Waals surface area (Å²) in [5.74, 6) is 0.0846. The molecule has 0 aliphatic carbocycles. The number of nitrogens with zero attached hydrogens (tertiary/aromatic N) is 2. The van der Waals surface area contributed by atoms with Crippen molar-refractivity contribution >= 4 is 21.8 Å². The highest BCUT2D eigenvalue weighted by atomic mass is 32.2. The molecule has 156 valence electrons. The van der Waals surface area contributed by atoms with Crippen molar-refractivity contribution in [3.05, 3.63) is 24.2 Å². The van der Waals surface area contributed by atoms with Gasteiger partial charge < -0.3 is 14.2 Å². The molecular weight excluding hydrogens is 382 g/mol. The van der Waals surface area contributed by atoms with Gasteiger partial charge in [-0.05, 0) is 50.7 Å². The fraction of sp³-hybridized carbons (Fsp3) is 0.684. The van der Waals surface area contributed by atoms with Crippen molar-refractivity contribution in [2.45, 2.75) is 57.5 Å². The largest absolute Gasteiger partial charge is 0.459 e. The molecule has 1 N–H and O–H groups in total. The van der Waals surface area contributed by atoms with Crippen LogP contribution >= 0.6 is 0 Å². The summed E-state index contributed by atoms with van der Waals surface area (Å²) < 4.78 is 31.9. The average Bonchev–Trinajstić information content (AvgIpc) is 3.22. The van der Waals surface area contributed by atoms with Crippen LogP contribution in [0.4, 0.5) is 0 Å². The number of hydrogen-bond donors (Lipinski definition) is 1. The van der Waals surface area contributed by atoms with E-state index in [2.05, 4.69) is 4.72 Å². The molecule has 2 saturated heterocycles. The van der Waals surface area contributed by atoms with Crippen molar-refractivity contribution in [1.29, 1.82) is 0 Å². The van der Waals surface area contributed by atoms with E-state index >= 15 is 0 Å². The van der Waals surface area contributed by atoms with Gasteiger partial charge in [-0.15, -0.1) is 0 Å². The topological polar surface area (TPSA) is 99.9 Å². The molecule has 3 heterocycles. The molecule has 2 fully saturated rings. The fourth-order valence-corrected chi connectivity index (χ4v) is 5.38. The minimum Gasteiger partial charge on any atom is -0.459 e. The third-order valence-corrected chi connectivity index (χ3v) is 7.04. The maximum atomic E-state index is 13.1. The van der Waals surface area contributed by atoms with Gasteiger partial charge >= 0.3 is 0 Å². The first-order valence-electron chi connectivity index (χ1n) is 10.0. The van der Waals surface area contributed by atoms with Crippen LogP contribution in [0, 0.1) is 0 Å². The van der Waals surface area contributed by atoms with Gasteiger partial charge in [-0.2, -0.15) is 0 Å². The van der Waals surface area contributed by atoms with Crippen LogP contribution in [0.25, 0.3) is 0 Å². The predicted octanol–water partition coefficient (Wildman–Crippen LogP) is 1.59. The quantitative estimate of drug-likeness (QED) is 0.766. The number of rotatable bonds is 6. The van der Waals surface area contributed by atoms with Crippen LogP contribution in [0.3, 0.4) is 0 Å². The minimum absolute atomic E-state index is 0.0468. The monoisotopic (exact) mass is 411 g/mol. The van der Waals surface area contributed by atoms with E-state index < -0.39 is 16.1 Å². The Hall–Kier alpha value is -1.87. The van der Waals surface area contributed by atoms with Crippen molar-refractivity contribution in [3.63, 3.8) is 0 Å². The second-order valence-corrected chi connectivity index (χ2v) is 9.40. The number of furan rings is 1. The zero-order valence-corrected chi connectivity index (χ0v) is 17.1. The third-order valence-electron chi connectivity index (χ3n) is 5.41. The molecule has 0 bridgehead atoms. The smallest absolute Gasteiger partial charge is 0.290 e. The third kappa shape index (κ3) is 4.94. The van der Waals surface area contributed by atoms with Crippen LogP contribution in [-0.2, 0) is 14.8 Å². The van der Waals surface area contributed by atoms with Gasteiger partial charge in [0.25, 0.3) is 5.91 Å². The number of piperidine rings is 2. The SMILES string of the molecule is CCCS(=O)(=O)NC1CCN(C(=O)C2CCCCN2C(=O)c2ccco2)CC1. The van der Waals surface area contributed by atoms with Gasteiger partial charge in [0, 0.05) is 25.7 Å². The van der Waals surface area contributed by atoms with Crippen molar-refractivity contribution in [3.8, 4) is 0 Å². The zero-order valence-electron chi connectivity index (χ0n) is 16.3. The lowest BCUT2D eigenvalue weighted by atomic mass is 9.98. The lowest BCUT2D eigenvalue weighted by Gasteiger charge is -2.39. The lowest BCUT2D eigenvalue weighted by molar-refractivity contribution is -0.138. The summed E-state index contributed by atoms with van der Waals surface area (Å²) in [7, 11) is -3.25. The Morgan fingerprint density at radius 3 is 2.57 bits per heavy atom. The number of likely N-dealkylation sites (tertiary alicyclic amines) is 2. The molecule has 2 aliphatic rings. The standard InChI is InChI=1S/C19H29N3O5S/c1-2-14-28(25,26)20-15-8-11-21(12-9-15)18(23)16-6-3-4-10-22(16)19(24)17-7-5-13-27-17/h5,7,13,15-16,20H,2-4,6,8-12,14H2,1H3. The molecule has 8 nitrogen and oxygen atoms in total. The lowest BCUT2D eigenvalue weighted by Crippen LogP contribution is -2.55. The highest BCUT2D eigenvalue weighted by Crippen LogP contribution is 2.23. The van der Waals surface area contributed by atoms with Crippen LogP contribution in [0.15, 0.2) is 22.8 Å². The highest BCUT2D eigenvalue weighted by molar-refractivity contribution is 7.89. The number of carbonyl (C=O) groups excluding carboxylic acids is 2. The Kier molecular flexibility index (Phi) is 6.77. The van der Waals surface area contributed by atoms with E-state index in [9.17, 15) is 18.0 Å². The Morgan fingerprint density at radius 2 is 1.93 bits per heavy atom. The summed E-state index contributed by atoms with van der Waals surface area (Å²) in [6.07, 6.45) is 5.64. The van der Waals surface area contributed by atoms with Gasteiger partial charge in [-0.25, -0.2) is 13.1 Å². The molecule has 2 aliphatic heterocycles. The molecule has 28 heavy (non-hydrogen) atoms. The molecule has 2 amide bonds. The van der Waals surface area contributed by atoms with Crippen molar-refractivity contribution < 1.29 is 22.4 Å². The molecule has 1 aromatic rings. The normalized spacial score (nSPS) is 21.7. The van der Waals surface area contributed by atoms with Crippen LogP contribution in [-0.4, -0.2) is 67.5 Å². The van der Waals surface area contributed by atoms with Gasteiger partial charge in [-0.3, -0.25) is 9.59 Å². The summed E-state index contributed by atoms with van der Waals surface area (Å²) in [6, 6.07) is 2.68. The Labute approximate surface area is 166 Å². The Balaban J connectivity index is 1.59. The Bertz CT molecular complexity index is 769. The summed E-state index contributed by atoms with van der Waals surface area (Å²) in [6.45, 7) is 3.37. The molecule has 0 radical (unpaired) electrons. The van der Waals surface area contributed by atoms with E-state index in [1.807, 2.05) is 6.92 Å². The van der Waals surface area contributed by atoms with Gasteiger partial charge in [0.2, 0.25) is 15.9 Å². The first kappa shape index (κ1) is 20.9. The van der Waals surface area contributed by atoms with Crippen molar-refractivity contribution in [2.75, 3.05) is 25.4 Å². The van der Waals surface area contributed by atoms with E-state index in [0.717, 1.165) is 12.8 Å². The number of sulfonamides is 1. The summed E-state index contributed by atoms with van der Waals surface area (Å²) in [4.78, 5) is 29.2. The van der Waals surface area contributed by atoms with E-state index in [1.54, 1.807) is 21.9 Å². The second kappa shape index (κ2) is 9.09. The summed E-state index contributed by atoms with van der Waals surface area (Å²) in [5.41, 5.74) is 0. The predicted molar refractivity (Wildman–Crippen MR) is 104 cm³/mol. The van der Waals surface area contributed by atoms with Gasteiger partial charge in [0.15, 0.2) is 5.76 Å². The van der Waals surface area contributed by atoms with Crippen molar-refractivity contribution in [2.24, 2.45) is 0 Å². The Morgan fingerprint density at radius 1 is 1.18 bits per heavy atom. The zero-order chi connectivity index (χ0) is 20.1. The first-order valence-corrected chi connectivity index (χ1v) is 11.7. The molecule has 0 spiro atoms. The van der Waals surface area contributed by atoms with E-state index in [0.29, 0.717) is 45.3 Å². The average molecular weight is 412 g/mol. The van der Waals surface area contributed by atoms with E-state index in [-0.39, 0.29) is 29.4 Å². The van der Waals surface area contributed by atoms with Crippen LogP contribution in [0.1, 0.15) is 56.0 Å². The minimum atomic E-state index is -3.25. The van der Waals surface area contributed by atoms with Crippen LogP contribution in [0.5, 0.6) is 0 Å². The highest BCUT2D eigenvalue weighted by Gasteiger charge is 2.37. The van der Waals surface area contributed by atoms with Gasteiger partial charge in [0.1, 0.15) is 6.04 Å². The number of carbonyl (C=O) groups is 2. The van der Waals surface area contributed by atoms with Gasteiger partial charge in [0.05, 0.1) is 12.0 Å². The molecule has 1 unspecified atom stereocenters. The molecule has 9 heteroatoms. The number of amides is 2. The van der Waals surface area contributed by atoms with Crippen molar-refractivity contribution in [1.82, 2.24) is 14.5 Å². The summed E-state index contributed by atoms with van der Waals surface area (Å²) >= 11 is 0. The van der Waals surface area contributed by atoms with Crippen LogP contribution < -0.4 is 4.72 Å². The molecular formula is C19H29N3O5S. The van der Waals surface area contributed by atoms with E-state index in [1.165, 1.54) is 6.26 Å².